The molecule has 0 fully saturated rings. The van der Waals surface area contributed by atoms with Gasteiger partial charge in [0.1, 0.15) is 0 Å². The van der Waals surface area contributed by atoms with E-state index in [1.807, 2.05) is 34.6 Å². The molecule has 3 N–H and O–H groups in total. The smallest absolute Gasteiger partial charge is 0.314 e. The third-order valence-electron chi connectivity index (χ3n) is 2.39. The summed E-state index contributed by atoms with van der Waals surface area (Å²) in [4.78, 5) is 22.5. The molecular formula is C13H26N2O3. The van der Waals surface area contributed by atoms with E-state index in [2.05, 4.69) is 10.6 Å². The maximum absolute atomic E-state index is 11.5. The molecule has 106 valence electrons. The van der Waals surface area contributed by atoms with Crippen molar-refractivity contribution in [3.8, 4) is 0 Å². The maximum atomic E-state index is 11.5. The Morgan fingerprint density at radius 1 is 1.17 bits per heavy atom. The van der Waals surface area contributed by atoms with Gasteiger partial charge in [0.2, 0.25) is 0 Å². The zero-order valence-corrected chi connectivity index (χ0v) is 12.0. The summed E-state index contributed by atoms with van der Waals surface area (Å²) < 4.78 is 0. The first-order chi connectivity index (χ1) is 8.11. The van der Waals surface area contributed by atoms with E-state index in [0.29, 0.717) is 18.9 Å². The van der Waals surface area contributed by atoms with Gasteiger partial charge in [-0.15, -0.1) is 0 Å². The van der Waals surface area contributed by atoms with Crippen molar-refractivity contribution in [2.45, 2.75) is 41.0 Å². The standard InChI is InChI=1S/C13H26N2O3/c1-9(2)6-10(11(16)17)7-14-12(18)15-8-13(3,4)5/h9-10H,6-8H2,1-5H3,(H,16,17)(H2,14,15,18). The Bertz CT molecular complexity index is 282. The number of amides is 2. The summed E-state index contributed by atoms with van der Waals surface area (Å²) in [5.74, 6) is -1.09. The summed E-state index contributed by atoms with van der Waals surface area (Å²) in [7, 11) is 0. The van der Waals surface area contributed by atoms with Gasteiger partial charge in [-0.3, -0.25) is 4.79 Å². The van der Waals surface area contributed by atoms with Crippen molar-refractivity contribution in [1.82, 2.24) is 10.6 Å². The van der Waals surface area contributed by atoms with E-state index in [1.165, 1.54) is 0 Å². The highest BCUT2D eigenvalue weighted by Gasteiger charge is 2.20. The molecule has 0 spiro atoms. The van der Waals surface area contributed by atoms with Gasteiger partial charge in [0.25, 0.3) is 0 Å². The largest absolute Gasteiger partial charge is 0.481 e. The molecule has 0 aliphatic heterocycles. The Hall–Kier alpha value is -1.26. The zero-order valence-electron chi connectivity index (χ0n) is 12.0. The maximum Gasteiger partial charge on any atom is 0.314 e. The lowest BCUT2D eigenvalue weighted by Crippen LogP contribution is -2.43. The van der Waals surface area contributed by atoms with E-state index in [1.54, 1.807) is 0 Å². The van der Waals surface area contributed by atoms with Crippen molar-refractivity contribution in [3.05, 3.63) is 0 Å². The molecular weight excluding hydrogens is 232 g/mol. The molecule has 5 nitrogen and oxygen atoms in total. The predicted octanol–water partition coefficient (Wildman–Crippen LogP) is 2.08. The molecule has 0 saturated heterocycles. The lowest BCUT2D eigenvalue weighted by molar-refractivity contribution is -0.142. The first kappa shape index (κ1) is 16.7. The second-order valence-corrected chi connectivity index (χ2v) is 6.29. The zero-order chi connectivity index (χ0) is 14.3. The number of hydrogen-bond acceptors (Lipinski definition) is 2. The number of rotatable bonds is 6. The highest BCUT2D eigenvalue weighted by atomic mass is 16.4. The molecule has 1 atom stereocenters. The second kappa shape index (κ2) is 7.24. The van der Waals surface area contributed by atoms with E-state index < -0.39 is 11.9 Å². The number of hydrogen-bond donors (Lipinski definition) is 3. The van der Waals surface area contributed by atoms with Gasteiger partial charge >= 0.3 is 12.0 Å². The van der Waals surface area contributed by atoms with Gasteiger partial charge in [-0.05, 0) is 17.8 Å². The summed E-state index contributed by atoms with van der Waals surface area (Å²) in [5.41, 5.74) is 0.0153. The number of carbonyl (C=O) groups excluding carboxylic acids is 1. The summed E-state index contributed by atoms with van der Waals surface area (Å²) in [6.07, 6.45) is 0.564. The van der Waals surface area contributed by atoms with Gasteiger partial charge in [-0.1, -0.05) is 34.6 Å². The van der Waals surface area contributed by atoms with E-state index in [4.69, 9.17) is 5.11 Å². The van der Waals surface area contributed by atoms with Crippen LogP contribution in [-0.2, 0) is 4.79 Å². The molecule has 0 rings (SSSR count). The number of urea groups is 1. The van der Waals surface area contributed by atoms with Crippen LogP contribution in [0.1, 0.15) is 41.0 Å². The fourth-order valence-electron chi connectivity index (χ4n) is 1.46. The van der Waals surface area contributed by atoms with Crippen LogP contribution in [-0.4, -0.2) is 30.2 Å². The Labute approximate surface area is 109 Å². The third kappa shape index (κ3) is 8.84. The topological polar surface area (TPSA) is 78.4 Å². The fourth-order valence-corrected chi connectivity index (χ4v) is 1.46. The van der Waals surface area contributed by atoms with Gasteiger partial charge in [0, 0.05) is 13.1 Å². The predicted molar refractivity (Wildman–Crippen MR) is 71.4 cm³/mol. The van der Waals surface area contributed by atoms with Crippen molar-refractivity contribution < 1.29 is 14.7 Å². The highest BCUT2D eigenvalue weighted by Crippen LogP contribution is 2.11. The summed E-state index contributed by atoms with van der Waals surface area (Å²) in [6.45, 7) is 10.7. The van der Waals surface area contributed by atoms with Crippen LogP contribution < -0.4 is 10.6 Å². The van der Waals surface area contributed by atoms with Gasteiger partial charge in [0.15, 0.2) is 0 Å². The third-order valence-corrected chi connectivity index (χ3v) is 2.39. The minimum Gasteiger partial charge on any atom is -0.481 e. The van der Waals surface area contributed by atoms with Crippen LogP contribution in [0, 0.1) is 17.3 Å². The average molecular weight is 258 g/mol. The molecule has 0 aromatic heterocycles. The molecule has 0 saturated carbocycles. The summed E-state index contributed by atoms with van der Waals surface area (Å²) in [6, 6.07) is -0.306. The van der Waals surface area contributed by atoms with E-state index in [0.717, 1.165) is 0 Å². The van der Waals surface area contributed by atoms with Gasteiger partial charge in [-0.2, -0.15) is 0 Å². The minimum absolute atomic E-state index is 0.0153. The lowest BCUT2D eigenvalue weighted by atomic mass is 9.97. The normalized spacial score (nSPS) is 13.2. The van der Waals surface area contributed by atoms with E-state index in [9.17, 15) is 9.59 Å². The quantitative estimate of drug-likeness (QED) is 0.682. The summed E-state index contributed by atoms with van der Waals surface area (Å²) >= 11 is 0. The molecule has 0 bridgehead atoms. The molecule has 0 aliphatic rings. The van der Waals surface area contributed by atoms with Crippen molar-refractivity contribution in [1.29, 1.82) is 0 Å². The monoisotopic (exact) mass is 258 g/mol. The molecule has 5 heteroatoms. The Kier molecular flexibility index (Phi) is 6.73. The number of aliphatic carboxylic acids is 1. The Balaban J connectivity index is 4.04. The van der Waals surface area contributed by atoms with Crippen LogP contribution in [0.15, 0.2) is 0 Å². The Morgan fingerprint density at radius 2 is 1.72 bits per heavy atom. The molecule has 2 amide bonds. The van der Waals surface area contributed by atoms with E-state index in [-0.39, 0.29) is 18.0 Å². The highest BCUT2D eigenvalue weighted by molar-refractivity contribution is 5.75. The van der Waals surface area contributed by atoms with Crippen LogP contribution in [0.4, 0.5) is 4.79 Å². The first-order valence-electron chi connectivity index (χ1n) is 6.36. The van der Waals surface area contributed by atoms with Crippen LogP contribution >= 0.6 is 0 Å². The van der Waals surface area contributed by atoms with Gasteiger partial charge < -0.3 is 15.7 Å². The molecule has 18 heavy (non-hydrogen) atoms. The minimum atomic E-state index is -0.861. The summed E-state index contributed by atoms with van der Waals surface area (Å²) in [5, 5.41) is 14.4. The SMILES string of the molecule is CC(C)CC(CNC(=O)NCC(C)(C)C)C(=O)O. The number of carboxylic acids is 1. The van der Waals surface area contributed by atoms with Crippen LogP contribution in [0.25, 0.3) is 0 Å². The Morgan fingerprint density at radius 3 is 2.11 bits per heavy atom. The van der Waals surface area contributed by atoms with Gasteiger partial charge in [0.05, 0.1) is 5.92 Å². The van der Waals surface area contributed by atoms with E-state index >= 15 is 0 Å². The number of carbonyl (C=O) groups is 2. The van der Waals surface area contributed by atoms with Crippen molar-refractivity contribution >= 4 is 12.0 Å². The van der Waals surface area contributed by atoms with Crippen molar-refractivity contribution in [2.75, 3.05) is 13.1 Å². The molecule has 0 heterocycles. The number of nitrogens with one attached hydrogen (secondary N) is 2. The van der Waals surface area contributed by atoms with Gasteiger partial charge in [-0.25, -0.2) is 4.79 Å². The average Bonchev–Trinajstić information content (AvgIpc) is 2.19. The van der Waals surface area contributed by atoms with Crippen LogP contribution in [0.5, 0.6) is 0 Å². The second-order valence-electron chi connectivity index (χ2n) is 6.29. The molecule has 0 aliphatic carbocycles. The number of carboxylic acid groups (broad SMARTS) is 1. The fraction of sp³-hybridized carbons (Fsp3) is 0.846. The molecule has 0 aromatic rings. The molecule has 0 radical (unpaired) electrons. The molecule has 0 aromatic carbocycles. The van der Waals surface area contributed by atoms with Crippen molar-refractivity contribution in [2.24, 2.45) is 17.3 Å². The first-order valence-corrected chi connectivity index (χ1v) is 6.36. The lowest BCUT2D eigenvalue weighted by Gasteiger charge is -2.20. The van der Waals surface area contributed by atoms with Crippen LogP contribution in [0.2, 0.25) is 0 Å². The van der Waals surface area contributed by atoms with Crippen LogP contribution in [0.3, 0.4) is 0 Å². The molecule has 1 unspecified atom stereocenters. The van der Waals surface area contributed by atoms with Crippen molar-refractivity contribution in [3.63, 3.8) is 0 Å².